The van der Waals surface area contributed by atoms with Crippen molar-refractivity contribution in [1.29, 1.82) is 0 Å². The first-order chi connectivity index (χ1) is 14.7. The summed E-state index contributed by atoms with van der Waals surface area (Å²) in [6.45, 7) is 4.37. The van der Waals surface area contributed by atoms with Gasteiger partial charge >= 0.3 is 0 Å². The van der Waals surface area contributed by atoms with Crippen molar-refractivity contribution >= 4 is 28.1 Å². The summed E-state index contributed by atoms with van der Waals surface area (Å²) in [6.07, 6.45) is 3.18. The lowest BCUT2D eigenvalue weighted by atomic mass is 10.2. The minimum Gasteiger partial charge on any atom is -0.489 e. The van der Waals surface area contributed by atoms with E-state index in [1.807, 2.05) is 54.6 Å². The van der Waals surface area contributed by atoms with Gasteiger partial charge in [-0.3, -0.25) is 4.79 Å². The van der Waals surface area contributed by atoms with Crippen molar-refractivity contribution in [2.75, 3.05) is 6.61 Å². The first-order valence-corrected chi connectivity index (χ1v) is 10.1. The number of hydrogen-bond acceptors (Lipinski definition) is 4. The molecule has 152 valence electrons. The van der Waals surface area contributed by atoms with Crippen LogP contribution in [-0.4, -0.2) is 18.7 Å². The summed E-state index contributed by atoms with van der Waals surface area (Å²) in [5.74, 6) is 0.753. The Labute approximate surface area is 184 Å². The monoisotopic (exact) mass is 464 g/mol. The first kappa shape index (κ1) is 21.3. The van der Waals surface area contributed by atoms with Crippen LogP contribution in [0.1, 0.15) is 21.5 Å². The van der Waals surface area contributed by atoms with Crippen molar-refractivity contribution in [3.8, 4) is 11.5 Å². The van der Waals surface area contributed by atoms with Gasteiger partial charge in [0.2, 0.25) is 0 Å². The van der Waals surface area contributed by atoms with Crippen LogP contribution in [0.25, 0.3) is 0 Å². The van der Waals surface area contributed by atoms with E-state index in [2.05, 4.69) is 33.0 Å². The third kappa shape index (κ3) is 6.06. The van der Waals surface area contributed by atoms with Gasteiger partial charge in [-0.15, -0.1) is 0 Å². The number of amides is 1. The lowest BCUT2D eigenvalue weighted by molar-refractivity contribution is 0.0951. The van der Waals surface area contributed by atoms with Gasteiger partial charge < -0.3 is 9.47 Å². The van der Waals surface area contributed by atoms with Crippen molar-refractivity contribution in [3.63, 3.8) is 0 Å². The number of nitrogens with zero attached hydrogens (tertiary/aromatic N) is 1. The van der Waals surface area contributed by atoms with Gasteiger partial charge in [-0.05, 0) is 35.9 Å². The Morgan fingerprint density at radius 1 is 1.00 bits per heavy atom. The number of hydrazone groups is 1. The second-order valence-corrected chi connectivity index (χ2v) is 7.17. The van der Waals surface area contributed by atoms with Crippen LogP contribution in [0.3, 0.4) is 0 Å². The van der Waals surface area contributed by atoms with Crippen LogP contribution in [0.5, 0.6) is 11.5 Å². The normalized spacial score (nSPS) is 10.6. The Hall–Kier alpha value is -3.38. The van der Waals surface area contributed by atoms with E-state index in [1.54, 1.807) is 30.5 Å². The minimum absolute atomic E-state index is 0.303. The summed E-state index contributed by atoms with van der Waals surface area (Å²) in [6, 6.07) is 22.6. The number of hydrogen-bond donors (Lipinski definition) is 1. The molecule has 0 radical (unpaired) electrons. The van der Waals surface area contributed by atoms with Crippen LogP contribution in [0.2, 0.25) is 0 Å². The average molecular weight is 465 g/mol. The Morgan fingerprint density at radius 3 is 2.57 bits per heavy atom. The highest BCUT2D eigenvalue weighted by molar-refractivity contribution is 9.10. The molecule has 0 spiro atoms. The van der Waals surface area contributed by atoms with Crippen molar-refractivity contribution in [2.45, 2.75) is 6.61 Å². The summed E-state index contributed by atoms with van der Waals surface area (Å²) in [7, 11) is 0. The maximum atomic E-state index is 12.6. The second kappa shape index (κ2) is 11.0. The lowest BCUT2D eigenvalue weighted by Crippen LogP contribution is -2.19. The number of carbonyl (C=O) groups is 1. The third-order valence-electron chi connectivity index (χ3n) is 4.07. The molecule has 0 atom stereocenters. The molecular weight excluding hydrogens is 444 g/mol. The smallest absolute Gasteiger partial charge is 0.275 e. The third-order valence-corrected chi connectivity index (χ3v) is 4.56. The molecular formula is C24H21BrN2O3. The molecule has 1 amide bonds. The number of ether oxygens (including phenoxy) is 2. The van der Waals surface area contributed by atoms with Gasteiger partial charge in [0.15, 0.2) is 0 Å². The molecule has 3 aromatic carbocycles. The molecule has 0 aromatic heterocycles. The van der Waals surface area contributed by atoms with E-state index in [-0.39, 0.29) is 5.91 Å². The number of halogens is 1. The van der Waals surface area contributed by atoms with Crippen molar-refractivity contribution < 1.29 is 14.3 Å². The number of rotatable bonds is 9. The number of para-hydroxylation sites is 1. The molecule has 0 aliphatic rings. The fraction of sp³-hybridized carbons (Fsp3) is 0.0833. The molecule has 0 saturated heterocycles. The second-order valence-electron chi connectivity index (χ2n) is 6.25. The number of benzene rings is 3. The van der Waals surface area contributed by atoms with Gasteiger partial charge in [0, 0.05) is 10.0 Å². The Bertz CT molecular complexity index is 1040. The summed E-state index contributed by atoms with van der Waals surface area (Å²) >= 11 is 3.37. The first-order valence-electron chi connectivity index (χ1n) is 9.30. The van der Waals surface area contributed by atoms with Crippen molar-refractivity contribution in [2.24, 2.45) is 5.10 Å². The highest BCUT2D eigenvalue weighted by Crippen LogP contribution is 2.23. The van der Waals surface area contributed by atoms with Crippen LogP contribution < -0.4 is 14.9 Å². The summed E-state index contributed by atoms with van der Waals surface area (Å²) in [5, 5.41) is 4.09. The van der Waals surface area contributed by atoms with E-state index in [4.69, 9.17) is 9.47 Å². The maximum absolute atomic E-state index is 12.6. The maximum Gasteiger partial charge on any atom is 0.275 e. The summed E-state index contributed by atoms with van der Waals surface area (Å²) in [4.78, 5) is 12.6. The van der Waals surface area contributed by atoms with E-state index in [9.17, 15) is 4.79 Å². The van der Waals surface area contributed by atoms with Crippen molar-refractivity contribution in [3.05, 3.63) is 107 Å². The molecule has 30 heavy (non-hydrogen) atoms. The molecule has 0 aliphatic carbocycles. The van der Waals surface area contributed by atoms with E-state index in [0.717, 1.165) is 15.6 Å². The van der Waals surface area contributed by atoms with Gasteiger partial charge in [-0.1, -0.05) is 71.0 Å². The van der Waals surface area contributed by atoms with E-state index >= 15 is 0 Å². The number of carbonyl (C=O) groups excluding carboxylic acids is 1. The van der Waals surface area contributed by atoms with E-state index in [1.165, 1.54) is 0 Å². The molecule has 0 aliphatic heterocycles. The quantitative estimate of drug-likeness (QED) is 0.263. The molecule has 0 unspecified atom stereocenters. The zero-order valence-corrected chi connectivity index (χ0v) is 17.8. The van der Waals surface area contributed by atoms with Gasteiger partial charge in [-0.25, -0.2) is 5.43 Å². The molecule has 3 rings (SSSR count). The van der Waals surface area contributed by atoms with Crippen LogP contribution in [0.15, 0.2) is 95.0 Å². The van der Waals surface area contributed by atoms with Crippen LogP contribution in [0, 0.1) is 0 Å². The molecule has 1 N–H and O–H groups in total. The largest absolute Gasteiger partial charge is 0.489 e. The zero-order chi connectivity index (χ0) is 21.2. The summed E-state index contributed by atoms with van der Waals surface area (Å²) in [5.41, 5.74) is 4.74. The topological polar surface area (TPSA) is 59.9 Å². The lowest BCUT2D eigenvalue weighted by Gasteiger charge is -2.10. The summed E-state index contributed by atoms with van der Waals surface area (Å²) < 4.78 is 12.2. The standard InChI is InChI=1S/C24H21BrN2O3/c1-2-14-29-23-13-12-20(25)15-21(23)24(28)27-26-16-19-10-6-7-11-22(19)30-17-18-8-4-3-5-9-18/h2-13,15-16H,1,14,17H2,(H,27,28). The SMILES string of the molecule is C=CCOc1ccc(Br)cc1C(=O)NN=Cc1ccccc1OCc1ccccc1. The van der Waals surface area contributed by atoms with Gasteiger partial charge in [0.1, 0.15) is 24.7 Å². The van der Waals surface area contributed by atoms with Crippen LogP contribution in [-0.2, 0) is 6.61 Å². The molecule has 0 saturated carbocycles. The predicted octanol–water partition coefficient (Wildman–Crippen LogP) is 5.36. The molecule has 0 bridgehead atoms. The molecule has 0 heterocycles. The Morgan fingerprint density at radius 2 is 1.77 bits per heavy atom. The van der Waals surface area contributed by atoms with E-state index < -0.39 is 0 Å². The zero-order valence-electron chi connectivity index (χ0n) is 16.3. The van der Waals surface area contributed by atoms with Gasteiger partial charge in [0.05, 0.1) is 11.8 Å². The van der Waals surface area contributed by atoms with E-state index in [0.29, 0.717) is 30.3 Å². The van der Waals surface area contributed by atoms with Gasteiger partial charge in [0.25, 0.3) is 5.91 Å². The average Bonchev–Trinajstić information content (AvgIpc) is 2.78. The van der Waals surface area contributed by atoms with Crippen LogP contribution in [0.4, 0.5) is 0 Å². The molecule has 6 heteroatoms. The highest BCUT2D eigenvalue weighted by atomic mass is 79.9. The van der Waals surface area contributed by atoms with Crippen LogP contribution >= 0.6 is 15.9 Å². The van der Waals surface area contributed by atoms with Crippen molar-refractivity contribution in [1.82, 2.24) is 5.43 Å². The Kier molecular flexibility index (Phi) is 7.80. The predicted molar refractivity (Wildman–Crippen MR) is 122 cm³/mol. The molecule has 0 fully saturated rings. The molecule has 3 aromatic rings. The number of nitrogens with one attached hydrogen (secondary N) is 1. The highest BCUT2D eigenvalue weighted by Gasteiger charge is 2.13. The molecule has 5 nitrogen and oxygen atoms in total. The Balaban J connectivity index is 1.68. The fourth-order valence-electron chi connectivity index (χ4n) is 2.63. The minimum atomic E-state index is -0.380. The fourth-order valence-corrected chi connectivity index (χ4v) is 2.99. The van der Waals surface area contributed by atoms with Gasteiger partial charge in [-0.2, -0.15) is 5.10 Å².